The van der Waals surface area contributed by atoms with Gasteiger partial charge in [-0.15, -0.1) is 0 Å². The number of aliphatic hydroxyl groups is 1. The van der Waals surface area contributed by atoms with Crippen molar-refractivity contribution < 1.29 is 14.6 Å². The zero-order valence-electron chi connectivity index (χ0n) is 12.3. The Morgan fingerprint density at radius 2 is 2.05 bits per heavy atom. The van der Waals surface area contributed by atoms with Crippen LogP contribution in [-0.4, -0.2) is 18.2 Å². The molecule has 0 saturated heterocycles. The Balaban J connectivity index is 3.00. The first-order valence-corrected chi connectivity index (χ1v) is 6.84. The maximum Gasteiger partial charge on any atom is 0.311 e. The predicted molar refractivity (Wildman–Crippen MR) is 75.9 cm³/mol. The van der Waals surface area contributed by atoms with E-state index in [2.05, 4.69) is 6.92 Å². The van der Waals surface area contributed by atoms with E-state index in [1.54, 1.807) is 0 Å². The van der Waals surface area contributed by atoms with Gasteiger partial charge in [-0.2, -0.15) is 0 Å². The number of rotatable bonds is 6. The molecule has 0 aromatic heterocycles. The second-order valence-electron chi connectivity index (χ2n) is 5.08. The summed E-state index contributed by atoms with van der Waals surface area (Å²) < 4.78 is 4.82. The number of aliphatic hydroxyl groups excluding tert-OH is 1. The van der Waals surface area contributed by atoms with Crippen LogP contribution < -0.4 is 0 Å². The summed E-state index contributed by atoms with van der Waals surface area (Å²) in [5, 5.41) is 10.5. The number of hydrogen-bond acceptors (Lipinski definition) is 3. The Bertz CT molecular complexity index is 426. The van der Waals surface area contributed by atoms with Gasteiger partial charge in [0.25, 0.3) is 0 Å². The highest BCUT2D eigenvalue weighted by molar-refractivity contribution is 5.73. The van der Waals surface area contributed by atoms with Gasteiger partial charge in [-0.1, -0.05) is 43.5 Å². The monoisotopic (exact) mass is 264 g/mol. The summed E-state index contributed by atoms with van der Waals surface area (Å²) in [6.07, 6.45) is 1.76. The summed E-state index contributed by atoms with van der Waals surface area (Å²) in [5.74, 6) is -0.813. The second kappa shape index (κ2) is 7.29. The Morgan fingerprint density at radius 1 is 1.37 bits per heavy atom. The summed E-state index contributed by atoms with van der Waals surface area (Å²) in [7, 11) is 1.37. The van der Waals surface area contributed by atoms with Crippen LogP contribution in [0.15, 0.2) is 18.2 Å². The molecule has 0 bridgehead atoms. The number of unbranched alkanes of at least 4 members (excludes halogenated alkanes) is 1. The van der Waals surface area contributed by atoms with E-state index < -0.39 is 12.0 Å². The van der Waals surface area contributed by atoms with Crippen LogP contribution >= 0.6 is 0 Å². The lowest BCUT2D eigenvalue weighted by Crippen LogP contribution is -2.24. The summed E-state index contributed by atoms with van der Waals surface area (Å²) in [6.45, 7) is 6.00. The molecule has 19 heavy (non-hydrogen) atoms. The Labute approximate surface area is 115 Å². The van der Waals surface area contributed by atoms with Gasteiger partial charge in [-0.05, 0) is 31.4 Å². The van der Waals surface area contributed by atoms with E-state index in [4.69, 9.17) is 4.74 Å². The van der Waals surface area contributed by atoms with Crippen LogP contribution in [0, 0.1) is 19.8 Å². The number of methoxy groups -OCH3 is 1. The minimum atomic E-state index is -0.793. The second-order valence-corrected chi connectivity index (χ2v) is 5.08. The van der Waals surface area contributed by atoms with E-state index >= 15 is 0 Å². The number of carbonyl (C=O) groups excluding carboxylic acids is 1. The molecule has 2 unspecified atom stereocenters. The van der Waals surface area contributed by atoms with Crippen molar-refractivity contribution in [2.75, 3.05) is 7.11 Å². The van der Waals surface area contributed by atoms with Crippen molar-refractivity contribution in [3.8, 4) is 0 Å². The lowest BCUT2D eigenvalue weighted by Gasteiger charge is -2.22. The van der Waals surface area contributed by atoms with Crippen molar-refractivity contribution >= 4 is 5.97 Å². The molecule has 0 fully saturated rings. The van der Waals surface area contributed by atoms with Crippen LogP contribution in [0.1, 0.15) is 49.0 Å². The van der Waals surface area contributed by atoms with Crippen molar-refractivity contribution in [3.63, 3.8) is 0 Å². The predicted octanol–water partition coefficient (Wildman–Crippen LogP) is 3.32. The lowest BCUT2D eigenvalue weighted by molar-refractivity contribution is -0.150. The van der Waals surface area contributed by atoms with E-state index in [-0.39, 0.29) is 5.97 Å². The van der Waals surface area contributed by atoms with Crippen LogP contribution in [0.25, 0.3) is 0 Å². The van der Waals surface area contributed by atoms with Crippen molar-refractivity contribution in [2.45, 2.75) is 46.1 Å². The SMILES string of the molecule is CCCCC(C(=O)OC)C(O)c1cc(C)ccc1C. The molecule has 3 nitrogen and oxygen atoms in total. The lowest BCUT2D eigenvalue weighted by atomic mass is 9.88. The Morgan fingerprint density at radius 3 is 2.63 bits per heavy atom. The Hall–Kier alpha value is -1.35. The molecule has 1 N–H and O–H groups in total. The molecule has 3 heteroatoms. The van der Waals surface area contributed by atoms with Crippen LogP contribution in [0.3, 0.4) is 0 Å². The molecule has 1 aromatic rings. The number of esters is 1. The fourth-order valence-electron chi connectivity index (χ4n) is 2.28. The van der Waals surface area contributed by atoms with Gasteiger partial charge >= 0.3 is 5.97 Å². The van der Waals surface area contributed by atoms with Gasteiger partial charge in [-0.25, -0.2) is 0 Å². The van der Waals surface area contributed by atoms with E-state index in [1.165, 1.54) is 7.11 Å². The molecule has 0 amide bonds. The van der Waals surface area contributed by atoms with Gasteiger partial charge < -0.3 is 9.84 Å². The van der Waals surface area contributed by atoms with Gasteiger partial charge in [0.2, 0.25) is 0 Å². The van der Waals surface area contributed by atoms with Gasteiger partial charge in [0, 0.05) is 0 Å². The summed E-state index contributed by atoms with van der Waals surface area (Å²) >= 11 is 0. The fraction of sp³-hybridized carbons (Fsp3) is 0.562. The van der Waals surface area contributed by atoms with E-state index in [1.807, 2.05) is 32.0 Å². The van der Waals surface area contributed by atoms with E-state index in [0.29, 0.717) is 6.42 Å². The molecule has 0 aliphatic heterocycles. The molecule has 0 spiro atoms. The molecule has 106 valence electrons. The molecule has 0 aliphatic carbocycles. The van der Waals surface area contributed by atoms with Crippen molar-refractivity contribution in [2.24, 2.45) is 5.92 Å². The highest BCUT2D eigenvalue weighted by Gasteiger charge is 2.29. The average molecular weight is 264 g/mol. The summed E-state index contributed by atoms with van der Waals surface area (Å²) in [5.41, 5.74) is 2.91. The molecular formula is C16H24O3. The first-order chi connectivity index (χ1) is 9.01. The number of ether oxygens (including phenoxy) is 1. The Kier molecular flexibility index (Phi) is 6.03. The maximum absolute atomic E-state index is 11.8. The van der Waals surface area contributed by atoms with Crippen LogP contribution in [-0.2, 0) is 9.53 Å². The highest BCUT2D eigenvalue weighted by Crippen LogP contribution is 2.30. The molecule has 2 atom stereocenters. The number of benzene rings is 1. The topological polar surface area (TPSA) is 46.5 Å². The first-order valence-electron chi connectivity index (χ1n) is 6.84. The van der Waals surface area contributed by atoms with Gasteiger partial charge in [0.1, 0.15) is 0 Å². The molecule has 0 heterocycles. The van der Waals surface area contributed by atoms with Gasteiger partial charge in [0.15, 0.2) is 0 Å². The third-order valence-electron chi connectivity index (χ3n) is 3.51. The number of aryl methyl sites for hydroxylation is 2. The molecule has 0 aliphatic rings. The first kappa shape index (κ1) is 15.7. The van der Waals surface area contributed by atoms with E-state index in [9.17, 15) is 9.90 Å². The maximum atomic E-state index is 11.8. The molecule has 1 rings (SSSR count). The average Bonchev–Trinajstić information content (AvgIpc) is 2.41. The highest BCUT2D eigenvalue weighted by atomic mass is 16.5. The molecule has 1 aromatic carbocycles. The minimum Gasteiger partial charge on any atom is -0.469 e. The standard InChI is InChI=1S/C16H24O3/c1-5-6-7-13(16(18)19-4)15(17)14-10-11(2)8-9-12(14)3/h8-10,13,15,17H,5-7H2,1-4H3. The van der Waals surface area contributed by atoms with Gasteiger partial charge in [-0.3, -0.25) is 4.79 Å². The van der Waals surface area contributed by atoms with E-state index in [0.717, 1.165) is 29.5 Å². The van der Waals surface area contributed by atoms with Crippen molar-refractivity contribution in [1.82, 2.24) is 0 Å². The van der Waals surface area contributed by atoms with Crippen molar-refractivity contribution in [1.29, 1.82) is 0 Å². The number of hydrogen-bond donors (Lipinski definition) is 1. The van der Waals surface area contributed by atoms with Gasteiger partial charge in [0.05, 0.1) is 19.1 Å². The molecular weight excluding hydrogens is 240 g/mol. The zero-order valence-corrected chi connectivity index (χ0v) is 12.3. The third kappa shape index (κ3) is 4.06. The summed E-state index contributed by atoms with van der Waals surface area (Å²) in [4.78, 5) is 11.8. The molecule has 0 radical (unpaired) electrons. The molecule has 0 saturated carbocycles. The van der Waals surface area contributed by atoms with Crippen LogP contribution in [0.5, 0.6) is 0 Å². The van der Waals surface area contributed by atoms with Crippen LogP contribution in [0.4, 0.5) is 0 Å². The van der Waals surface area contributed by atoms with Crippen LogP contribution in [0.2, 0.25) is 0 Å². The quantitative estimate of drug-likeness (QED) is 0.802. The largest absolute Gasteiger partial charge is 0.469 e. The number of carbonyl (C=O) groups is 1. The normalized spacial score (nSPS) is 13.9. The van der Waals surface area contributed by atoms with Crippen molar-refractivity contribution in [3.05, 3.63) is 34.9 Å². The summed E-state index contributed by atoms with van der Waals surface area (Å²) in [6, 6.07) is 5.93. The minimum absolute atomic E-state index is 0.332. The fourth-order valence-corrected chi connectivity index (χ4v) is 2.28. The zero-order chi connectivity index (χ0) is 14.4. The smallest absolute Gasteiger partial charge is 0.311 e. The third-order valence-corrected chi connectivity index (χ3v) is 3.51.